The van der Waals surface area contributed by atoms with Crippen molar-refractivity contribution >= 4 is 35.0 Å². The smallest absolute Gasteiger partial charge is 0.321 e. The van der Waals surface area contributed by atoms with Gasteiger partial charge in [-0.1, -0.05) is 17.8 Å². The minimum Gasteiger partial charge on any atom is -0.333 e. The standard InChI is InChI=1S/C16H23N5O2S2/c1-10(13(22)17-14(23)18-16(2,3)4)25-15-20-19-12(21(15)5)9-11-7-6-8-24-11/h6-8,10H,9H2,1-5H3,(H2,17,18,22,23)/t10-/m1/s1. The fraction of sp³-hybridized carbons (Fsp3) is 0.500. The van der Waals surface area contributed by atoms with Gasteiger partial charge >= 0.3 is 6.03 Å². The summed E-state index contributed by atoms with van der Waals surface area (Å²) in [7, 11) is 1.88. The predicted octanol–water partition coefficient (Wildman–Crippen LogP) is 2.57. The summed E-state index contributed by atoms with van der Waals surface area (Å²) in [6, 6.07) is 3.55. The fourth-order valence-electron chi connectivity index (χ4n) is 1.97. The van der Waals surface area contributed by atoms with Crippen LogP contribution in [-0.2, 0) is 18.3 Å². The number of hydrogen-bond donors (Lipinski definition) is 2. The number of hydrogen-bond acceptors (Lipinski definition) is 6. The molecule has 2 aromatic rings. The highest BCUT2D eigenvalue weighted by molar-refractivity contribution is 8.00. The lowest BCUT2D eigenvalue weighted by atomic mass is 10.1. The first kappa shape index (κ1) is 19.5. The molecule has 0 aliphatic heterocycles. The summed E-state index contributed by atoms with van der Waals surface area (Å²) in [6.07, 6.45) is 0.705. The highest BCUT2D eigenvalue weighted by Gasteiger charge is 2.22. The van der Waals surface area contributed by atoms with Gasteiger partial charge in [0.05, 0.1) is 5.25 Å². The number of imide groups is 1. The van der Waals surface area contributed by atoms with E-state index in [1.807, 2.05) is 43.8 Å². The van der Waals surface area contributed by atoms with Gasteiger partial charge in [-0.3, -0.25) is 10.1 Å². The zero-order chi connectivity index (χ0) is 18.6. The average Bonchev–Trinajstić information content (AvgIpc) is 3.10. The molecule has 0 unspecified atom stereocenters. The first-order valence-electron chi connectivity index (χ1n) is 7.86. The van der Waals surface area contributed by atoms with Gasteiger partial charge in [0.25, 0.3) is 0 Å². The Morgan fingerprint density at radius 3 is 2.68 bits per heavy atom. The largest absolute Gasteiger partial charge is 0.333 e. The van der Waals surface area contributed by atoms with Crippen molar-refractivity contribution in [2.45, 2.75) is 50.1 Å². The van der Waals surface area contributed by atoms with E-state index in [1.165, 1.54) is 16.6 Å². The van der Waals surface area contributed by atoms with Crippen LogP contribution in [0.4, 0.5) is 4.79 Å². The van der Waals surface area contributed by atoms with E-state index in [2.05, 4.69) is 26.9 Å². The van der Waals surface area contributed by atoms with Crippen molar-refractivity contribution in [2.75, 3.05) is 0 Å². The number of nitrogens with one attached hydrogen (secondary N) is 2. The van der Waals surface area contributed by atoms with E-state index in [4.69, 9.17) is 0 Å². The van der Waals surface area contributed by atoms with Crippen LogP contribution in [-0.4, -0.2) is 37.5 Å². The van der Waals surface area contributed by atoms with Gasteiger partial charge in [0, 0.05) is 23.9 Å². The molecular formula is C16H23N5O2S2. The maximum atomic E-state index is 12.2. The number of rotatable bonds is 5. The van der Waals surface area contributed by atoms with Crippen molar-refractivity contribution in [2.24, 2.45) is 7.05 Å². The van der Waals surface area contributed by atoms with Crippen LogP contribution in [0.5, 0.6) is 0 Å². The van der Waals surface area contributed by atoms with Crippen molar-refractivity contribution in [1.29, 1.82) is 0 Å². The zero-order valence-electron chi connectivity index (χ0n) is 15.0. The van der Waals surface area contributed by atoms with E-state index in [-0.39, 0.29) is 5.91 Å². The molecule has 25 heavy (non-hydrogen) atoms. The van der Waals surface area contributed by atoms with Gasteiger partial charge in [-0.05, 0) is 39.1 Å². The highest BCUT2D eigenvalue weighted by Crippen LogP contribution is 2.23. The van der Waals surface area contributed by atoms with Gasteiger partial charge in [-0.25, -0.2) is 4.79 Å². The second-order valence-corrected chi connectivity index (χ2v) is 9.01. The van der Waals surface area contributed by atoms with Crippen molar-refractivity contribution in [3.8, 4) is 0 Å². The van der Waals surface area contributed by atoms with Crippen molar-refractivity contribution in [3.05, 3.63) is 28.2 Å². The molecule has 9 heteroatoms. The molecule has 0 aliphatic carbocycles. The number of thioether (sulfide) groups is 1. The highest BCUT2D eigenvalue weighted by atomic mass is 32.2. The van der Waals surface area contributed by atoms with Crippen molar-refractivity contribution < 1.29 is 9.59 Å². The Kier molecular flexibility index (Phi) is 6.23. The third-order valence-electron chi connectivity index (χ3n) is 3.21. The second-order valence-electron chi connectivity index (χ2n) is 6.67. The van der Waals surface area contributed by atoms with Crippen molar-refractivity contribution in [3.63, 3.8) is 0 Å². The third-order valence-corrected chi connectivity index (χ3v) is 5.22. The third kappa shape index (κ3) is 5.86. The van der Waals surface area contributed by atoms with Gasteiger partial charge in [-0.2, -0.15) is 0 Å². The monoisotopic (exact) mass is 381 g/mol. The predicted molar refractivity (Wildman–Crippen MR) is 99.9 cm³/mol. The molecule has 136 valence electrons. The summed E-state index contributed by atoms with van der Waals surface area (Å²) in [5, 5.41) is 15.6. The van der Waals surface area contributed by atoms with E-state index in [9.17, 15) is 9.59 Å². The lowest BCUT2D eigenvalue weighted by molar-refractivity contribution is -0.119. The summed E-state index contributed by atoms with van der Waals surface area (Å²) in [5.41, 5.74) is -0.402. The van der Waals surface area contributed by atoms with Crippen LogP contribution in [0.3, 0.4) is 0 Å². The van der Waals surface area contributed by atoms with Crippen LogP contribution in [0.2, 0.25) is 0 Å². The Bertz CT molecular complexity index is 734. The second kappa shape index (κ2) is 8.01. The van der Waals surface area contributed by atoms with Crippen LogP contribution in [0.25, 0.3) is 0 Å². The molecule has 2 rings (SSSR count). The Labute approximate surface area is 155 Å². The Hall–Kier alpha value is -1.87. The minimum absolute atomic E-state index is 0.366. The number of carbonyl (C=O) groups excluding carboxylic acids is 2. The van der Waals surface area contributed by atoms with Gasteiger partial charge in [0.1, 0.15) is 5.82 Å². The molecule has 0 bridgehead atoms. The summed E-state index contributed by atoms with van der Waals surface area (Å²) in [6.45, 7) is 7.29. The lowest BCUT2D eigenvalue weighted by Gasteiger charge is -2.21. The Morgan fingerprint density at radius 1 is 1.36 bits per heavy atom. The summed E-state index contributed by atoms with van der Waals surface area (Å²) in [5.74, 6) is 0.470. The first-order valence-corrected chi connectivity index (χ1v) is 9.62. The van der Waals surface area contributed by atoms with Crippen LogP contribution in [0, 0.1) is 0 Å². The summed E-state index contributed by atoms with van der Waals surface area (Å²) >= 11 is 2.94. The molecule has 0 spiro atoms. The number of thiophene rings is 1. The maximum absolute atomic E-state index is 12.2. The van der Waals surface area contributed by atoms with Gasteiger partial charge in [0.2, 0.25) is 5.91 Å². The minimum atomic E-state index is -0.499. The number of urea groups is 1. The lowest BCUT2D eigenvalue weighted by Crippen LogP contribution is -2.49. The Morgan fingerprint density at radius 2 is 2.08 bits per heavy atom. The molecule has 0 aliphatic rings. The van der Waals surface area contributed by atoms with Crippen LogP contribution >= 0.6 is 23.1 Å². The van der Waals surface area contributed by atoms with E-state index >= 15 is 0 Å². The summed E-state index contributed by atoms with van der Waals surface area (Å²) < 4.78 is 1.88. The topological polar surface area (TPSA) is 88.9 Å². The number of aromatic nitrogens is 3. The van der Waals surface area contributed by atoms with Gasteiger partial charge < -0.3 is 9.88 Å². The maximum Gasteiger partial charge on any atom is 0.321 e. The van der Waals surface area contributed by atoms with Crippen LogP contribution in [0.1, 0.15) is 38.4 Å². The molecule has 0 aromatic carbocycles. The molecule has 1 atom stereocenters. The molecule has 7 nitrogen and oxygen atoms in total. The van der Waals surface area contributed by atoms with Crippen molar-refractivity contribution in [1.82, 2.24) is 25.4 Å². The van der Waals surface area contributed by atoms with Gasteiger partial charge in [-0.15, -0.1) is 21.5 Å². The SMILES string of the molecule is C[C@@H](Sc1nnc(Cc2cccs2)n1C)C(=O)NC(=O)NC(C)(C)C. The molecule has 3 amide bonds. The molecule has 0 saturated carbocycles. The number of nitrogens with zero attached hydrogens (tertiary/aromatic N) is 3. The normalized spacial score (nSPS) is 12.7. The number of amides is 3. The molecule has 0 radical (unpaired) electrons. The zero-order valence-corrected chi connectivity index (χ0v) is 16.6. The van der Waals surface area contributed by atoms with E-state index in [1.54, 1.807) is 18.3 Å². The molecule has 2 N–H and O–H groups in total. The van der Waals surface area contributed by atoms with E-state index < -0.39 is 16.8 Å². The van der Waals surface area contributed by atoms with E-state index in [0.29, 0.717) is 11.6 Å². The summed E-state index contributed by atoms with van der Waals surface area (Å²) in [4.78, 5) is 25.2. The fourth-order valence-corrected chi connectivity index (χ4v) is 3.50. The molecule has 0 saturated heterocycles. The molecule has 2 aromatic heterocycles. The quantitative estimate of drug-likeness (QED) is 0.777. The van der Waals surface area contributed by atoms with Gasteiger partial charge in [0.15, 0.2) is 5.16 Å². The van der Waals surface area contributed by atoms with Crippen LogP contribution in [0.15, 0.2) is 22.7 Å². The number of carbonyl (C=O) groups is 2. The van der Waals surface area contributed by atoms with E-state index in [0.717, 1.165) is 5.82 Å². The molecule has 0 fully saturated rings. The molecule has 2 heterocycles. The average molecular weight is 382 g/mol. The molecular weight excluding hydrogens is 358 g/mol. The first-order chi connectivity index (χ1) is 11.7. The Balaban J connectivity index is 1.94. The van der Waals surface area contributed by atoms with Crippen LogP contribution < -0.4 is 10.6 Å².